The first-order valence-electron chi connectivity index (χ1n) is 9.03. The Morgan fingerprint density at radius 3 is 2.59 bits per heavy atom. The van der Waals surface area contributed by atoms with E-state index in [0.29, 0.717) is 32.1 Å². The molecule has 1 fully saturated rings. The fraction of sp³-hybridized carbons (Fsp3) is 0.421. The zero-order valence-electron chi connectivity index (χ0n) is 15.8. The molecule has 1 aromatic heterocycles. The standard InChI is InChI=1S/C19H26N4O3S/c1-16-4-3-5-17(14-16)26-13-8-20-19-7-6-18(15-21-19)27(24,25)23-11-9-22(2)10-12-23/h3-7,14-15H,8-13H2,1-2H3,(H,20,21). The third-order valence-electron chi connectivity index (χ3n) is 4.50. The van der Waals surface area contributed by atoms with E-state index in [0.717, 1.165) is 24.4 Å². The highest BCUT2D eigenvalue weighted by molar-refractivity contribution is 7.89. The van der Waals surface area contributed by atoms with Gasteiger partial charge >= 0.3 is 0 Å². The van der Waals surface area contributed by atoms with Crippen LogP contribution in [0.25, 0.3) is 0 Å². The highest BCUT2D eigenvalue weighted by Gasteiger charge is 2.27. The third-order valence-corrected chi connectivity index (χ3v) is 6.39. The number of anilines is 1. The highest BCUT2D eigenvalue weighted by atomic mass is 32.2. The van der Waals surface area contributed by atoms with Gasteiger partial charge in [0.05, 0.1) is 6.54 Å². The molecule has 2 aromatic rings. The van der Waals surface area contributed by atoms with Crippen LogP contribution in [0.1, 0.15) is 5.56 Å². The van der Waals surface area contributed by atoms with E-state index < -0.39 is 10.0 Å². The second-order valence-corrected chi connectivity index (χ2v) is 8.62. The molecule has 0 bridgehead atoms. The van der Waals surface area contributed by atoms with E-state index in [1.54, 1.807) is 12.1 Å². The highest BCUT2D eigenvalue weighted by Crippen LogP contribution is 2.18. The van der Waals surface area contributed by atoms with Gasteiger partial charge in [-0.05, 0) is 43.8 Å². The maximum atomic E-state index is 12.7. The lowest BCUT2D eigenvalue weighted by Gasteiger charge is -2.31. The zero-order valence-corrected chi connectivity index (χ0v) is 16.6. The molecule has 8 heteroatoms. The quantitative estimate of drug-likeness (QED) is 0.727. The monoisotopic (exact) mass is 390 g/mol. The maximum absolute atomic E-state index is 12.7. The van der Waals surface area contributed by atoms with Crippen molar-refractivity contribution in [1.29, 1.82) is 0 Å². The second-order valence-electron chi connectivity index (χ2n) is 6.68. The van der Waals surface area contributed by atoms with Crippen molar-refractivity contribution in [3.63, 3.8) is 0 Å². The molecule has 1 aliphatic heterocycles. The molecule has 0 unspecified atom stereocenters. The predicted molar refractivity (Wildman–Crippen MR) is 106 cm³/mol. The summed E-state index contributed by atoms with van der Waals surface area (Å²) in [7, 11) is -1.48. The van der Waals surface area contributed by atoms with Crippen LogP contribution in [0.3, 0.4) is 0 Å². The molecule has 0 saturated carbocycles. The molecule has 2 heterocycles. The fourth-order valence-corrected chi connectivity index (χ4v) is 4.24. The Labute approximate surface area is 161 Å². The van der Waals surface area contributed by atoms with Crippen LogP contribution in [0.2, 0.25) is 0 Å². The van der Waals surface area contributed by atoms with Crippen molar-refractivity contribution in [1.82, 2.24) is 14.2 Å². The Balaban J connectivity index is 1.51. The number of nitrogens with zero attached hydrogens (tertiary/aromatic N) is 3. The number of ether oxygens (including phenoxy) is 1. The van der Waals surface area contributed by atoms with Crippen LogP contribution in [-0.4, -0.2) is 69.0 Å². The van der Waals surface area contributed by atoms with Gasteiger partial charge in [-0.15, -0.1) is 0 Å². The van der Waals surface area contributed by atoms with Gasteiger partial charge < -0.3 is 15.0 Å². The summed E-state index contributed by atoms with van der Waals surface area (Å²) in [6, 6.07) is 11.2. The van der Waals surface area contributed by atoms with Gasteiger partial charge in [0.1, 0.15) is 23.1 Å². The van der Waals surface area contributed by atoms with E-state index in [-0.39, 0.29) is 4.90 Å². The normalized spacial score (nSPS) is 16.2. The molecule has 27 heavy (non-hydrogen) atoms. The van der Waals surface area contributed by atoms with Crippen LogP contribution in [-0.2, 0) is 10.0 Å². The topological polar surface area (TPSA) is 74.8 Å². The molecule has 0 radical (unpaired) electrons. The molecular formula is C19H26N4O3S. The first-order chi connectivity index (χ1) is 12.9. The van der Waals surface area contributed by atoms with Crippen molar-refractivity contribution in [2.24, 2.45) is 0 Å². The molecule has 0 amide bonds. The lowest BCUT2D eigenvalue weighted by atomic mass is 10.2. The van der Waals surface area contributed by atoms with E-state index in [1.165, 1.54) is 10.5 Å². The van der Waals surface area contributed by atoms with E-state index in [9.17, 15) is 8.42 Å². The van der Waals surface area contributed by atoms with Crippen molar-refractivity contribution in [3.8, 4) is 5.75 Å². The molecule has 146 valence electrons. The Morgan fingerprint density at radius 2 is 1.93 bits per heavy atom. The summed E-state index contributed by atoms with van der Waals surface area (Å²) in [5.74, 6) is 1.46. The van der Waals surface area contributed by atoms with Crippen molar-refractivity contribution in [2.75, 3.05) is 51.7 Å². The number of nitrogens with one attached hydrogen (secondary N) is 1. The Morgan fingerprint density at radius 1 is 1.15 bits per heavy atom. The minimum Gasteiger partial charge on any atom is -0.492 e. The summed E-state index contributed by atoms with van der Waals surface area (Å²) in [6.07, 6.45) is 1.41. The Kier molecular flexibility index (Phi) is 6.30. The molecule has 1 N–H and O–H groups in total. The molecule has 0 aliphatic carbocycles. The van der Waals surface area contributed by atoms with E-state index >= 15 is 0 Å². The van der Waals surface area contributed by atoms with Crippen LogP contribution >= 0.6 is 0 Å². The number of likely N-dealkylation sites (N-methyl/N-ethyl adjacent to an activating group) is 1. The summed E-state index contributed by atoms with van der Waals surface area (Å²) >= 11 is 0. The first-order valence-corrected chi connectivity index (χ1v) is 10.5. The van der Waals surface area contributed by atoms with Crippen molar-refractivity contribution in [2.45, 2.75) is 11.8 Å². The van der Waals surface area contributed by atoms with Crippen molar-refractivity contribution in [3.05, 3.63) is 48.2 Å². The van der Waals surface area contributed by atoms with Crippen LogP contribution < -0.4 is 10.1 Å². The fourth-order valence-electron chi connectivity index (χ4n) is 2.87. The number of rotatable bonds is 7. The van der Waals surface area contributed by atoms with E-state index in [4.69, 9.17) is 4.74 Å². The molecule has 0 atom stereocenters. The van der Waals surface area contributed by atoms with Gasteiger partial charge in [0, 0.05) is 32.4 Å². The third kappa shape index (κ3) is 5.18. The number of aryl methyl sites for hydroxylation is 1. The number of aromatic nitrogens is 1. The SMILES string of the molecule is Cc1cccc(OCCNc2ccc(S(=O)(=O)N3CCN(C)CC3)cn2)c1. The number of hydrogen-bond donors (Lipinski definition) is 1. The molecule has 1 saturated heterocycles. The van der Waals surface area contributed by atoms with Gasteiger partial charge in [-0.3, -0.25) is 0 Å². The molecule has 1 aliphatic rings. The molecule has 7 nitrogen and oxygen atoms in total. The number of benzene rings is 1. The number of hydrogen-bond acceptors (Lipinski definition) is 6. The van der Waals surface area contributed by atoms with Gasteiger partial charge in [0.15, 0.2) is 0 Å². The zero-order chi connectivity index (χ0) is 19.3. The summed E-state index contributed by atoms with van der Waals surface area (Å²) in [5.41, 5.74) is 1.15. The summed E-state index contributed by atoms with van der Waals surface area (Å²) in [5, 5.41) is 3.14. The molecular weight excluding hydrogens is 364 g/mol. The number of pyridine rings is 1. The lowest BCUT2D eigenvalue weighted by Crippen LogP contribution is -2.47. The van der Waals surface area contributed by atoms with Crippen molar-refractivity contribution >= 4 is 15.8 Å². The van der Waals surface area contributed by atoms with Gasteiger partial charge in [-0.25, -0.2) is 13.4 Å². The Hall–Kier alpha value is -2.16. The summed E-state index contributed by atoms with van der Waals surface area (Å²) in [6.45, 7) is 5.59. The van der Waals surface area contributed by atoms with Crippen molar-refractivity contribution < 1.29 is 13.2 Å². The first kappa shape index (κ1) is 19.6. The molecule has 0 spiro atoms. The molecule has 1 aromatic carbocycles. The van der Waals surface area contributed by atoms with Crippen LogP contribution in [0, 0.1) is 6.92 Å². The minimum absolute atomic E-state index is 0.230. The molecule has 3 rings (SSSR count). The summed E-state index contributed by atoms with van der Waals surface area (Å²) < 4.78 is 32.6. The number of piperazine rings is 1. The summed E-state index contributed by atoms with van der Waals surface area (Å²) in [4.78, 5) is 6.58. The Bertz CT molecular complexity index is 848. The van der Waals surface area contributed by atoms with E-state index in [2.05, 4.69) is 15.2 Å². The van der Waals surface area contributed by atoms with Gasteiger partial charge in [-0.2, -0.15) is 4.31 Å². The maximum Gasteiger partial charge on any atom is 0.244 e. The van der Waals surface area contributed by atoms with Gasteiger partial charge in [-0.1, -0.05) is 12.1 Å². The van der Waals surface area contributed by atoms with Crippen LogP contribution in [0.5, 0.6) is 5.75 Å². The van der Waals surface area contributed by atoms with E-state index in [1.807, 2.05) is 38.2 Å². The minimum atomic E-state index is -3.48. The average molecular weight is 391 g/mol. The predicted octanol–water partition coefficient (Wildman–Crippen LogP) is 1.82. The second kappa shape index (κ2) is 8.69. The van der Waals surface area contributed by atoms with Crippen LogP contribution in [0.15, 0.2) is 47.5 Å². The lowest BCUT2D eigenvalue weighted by molar-refractivity contribution is 0.222. The number of sulfonamides is 1. The van der Waals surface area contributed by atoms with Crippen LogP contribution in [0.4, 0.5) is 5.82 Å². The van der Waals surface area contributed by atoms with Gasteiger partial charge in [0.25, 0.3) is 0 Å². The van der Waals surface area contributed by atoms with Gasteiger partial charge in [0.2, 0.25) is 10.0 Å². The smallest absolute Gasteiger partial charge is 0.244 e. The largest absolute Gasteiger partial charge is 0.492 e. The average Bonchev–Trinajstić information content (AvgIpc) is 2.66.